The van der Waals surface area contributed by atoms with E-state index < -0.39 is 0 Å². The number of nitrogens with one attached hydrogen (secondary N) is 3. The van der Waals surface area contributed by atoms with Crippen molar-refractivity contribution in [1.29, 1.82) is 0 Å². The van der Waals surface area contributed by atoms with E-state index in [1.54, 1.807) is 11.8 Å². The lowest BCUT2D eigenvalue weighted by Gasteiger charge is -2.37. The van der Waals surface area contributed by atoms with Crippen LogP contribution in [0, 0.1) is 6.92 Å². The summed E-state index contributed by atoms with van der Waals surface area (Å²) < 4.78 is 1.78. The maximum atomic E-state index is 12.2. The van der Waals surface area contributed by atoms with Crippen LogP contribution in [0.15, 0.2) is 47.9 Å². The van der Waals surface area contributed by atoms with E-state index in [9.17, 15) is 14.4 Å². The first-order valence-corrected chi connectivity index (χ1v) is 16.7. The number of aromatic nitrogens is 1. The summed E-state index contributed by atoms with van der Waals surface area (Å²) in [5.41, 5.74) is 4.02. The van der Waals surface area contributed by atoms with Gasteiger partial charge in [0, 0.05) is 23.8 Å². The van der Waals surface area contributed by atoms with Crippen molar-refractivity contribution in [3.05, 3.63) is 48.3 Å². The molecule has 1 atom stereocenters. The van der Waals surface area contributed by atoms with Gasteiger partial charge >= 0.3 is 0 Å². The standard InChI is InChI=1S/C13H20N4O3.C10H11NO.C8H17NO.C4H10/c1-9-6-14-11(18)7-15-12(19)8-16-13(20)10-4-2-3-5-17(9)10;1-8-7-11(12-2)10-6-4-3-5-9(8)10;1-3-5-6-7-8(4-2)9-10;1-3-4-2/h10H,1-8H2,(H,14,18)(H,15,19)(H,16,20);3-7H,1-2H3;10H,3-7H2,1-2H3;3-4H2,1-2H3/b;;9-8+;. The van der Waals surface area contributed by atoms with E-state index in [4.69, 9.17) is 10.0 Å². The van der Waals surface area contributed by atoms with E-state index in [0.29, 0.717) is 6.54 Å². The zero-order valence-electron chi connectivity index (χ0n) is 29.0. The molecule has 2 aliphatic heterocycles. The number of carbonyl (C=O) groups excluding carboxylic acids is 3. The summed E-state index contributed by atoms with van der Waals surface area (Å²) >= 11 is 0. The minimum atomic E-state index is -0.366. The molecule has 2 fully saturated rings. The fourth-order valence-corrected chi connectivity index (χ4v) is 4.82. The molecule has 4 N–H and O–H groups in total. The lowest BCUT2D eigenvalue weighted by Crippen LogP contribution is -2.53. The largest absolute Gasteiger partial charge is 0.417 e. The van der Waals surface area contributed by atoms with Crippen molar-refractivity contribution in [2.45, 2.75) is 105 Å². The third-order valence-electron chi connectivity index (χ3n) is 7.76. The monoisotopic (exact) mass is 642 g/mol. The summed E-state index contributed by atoms with van der Waals surface area (Å²) in [4.78, 5) is 42.3. The van der Waals surface area contributed by atoms with Gasteiger partial charge in [0.05, 0.1) is 30.9 Å². The number of unbranched alkanes of at least 4 members (excludes halogenated alkanes) is 3. The van der Waals surface area contributed by atoms with Crippen molar-refractivity contribution >= 4 is 34.3 Å². The van der Waals surface area contributed by atoms with Gasteiger partial charge in [0.25, 0.3) is 0 Å². The number of hydrogen-bond donors (Lipinski definition) is 4. The van der Waals surface area contributed by atoms with Crippen LogP contribution in [-0.2, 0) is 14.4 Å². The van der Waals surface area contributed by atoms with Gasteiger partial charge in [0.2, 0.25) is 17.7 Å². The predicted molar refractivity (Wildman–Crippen MR) is 186 cm³/mol. The van der Waals surface area contributed by atoms with Crippen molar-refractivity contribution in [3.63, 3.8) is 0 Å². The Kier molecular flexibility index (Phi) is 20.3. The lowest BCUT2D eigenvalue weighted by molar-refractivity contribution is -0.130. The lowest BCUT2D eigenvalue weighted by atomic mass is 10.0. The second kappa shape index (κ2) is 23.3. The number of benzene rings is 1. The van der Waals surface area contributed by atoms with Gasteiger partial charge < -0.3 is 30.9 Å². The van der Waals surface area contributed by atoms with Crippen molar-refractivity contribution in [1.82, 2.24) is 25.6 Å². The highest BCUT2D eigenvalue weighted by Crippen LogP contribution is 2.21. The minimum absolute atomic E-state index is 0.0919. The Bertz CT molecular complexity index is 1200. The first kappa shape index (κ1) is 40.0. The molecule has 46 heavy (non-hydrogen) atoms. The van der Waals surface area contributed by atoms with Crippen molar-refractivity contribution in [3.8, 4) is 0 Å². The Morgan fingerprint density at radius 2 is 1.61 bits per heavy atom. The summed E-state index contributed by atoms with van der Waals surface area (Å²) in [6.45, 7) is 15.4. The molecule has 2 aliphatic rings. The number of aryl methyl sites for hydroxylation is 1. The molecule has 2 aromatic rings. The topological polar surface area (TPSA) is 137 Å². The number of amides is 3. The second-order valence-corrected chi connectivity index (χ2v) is 11.4. The number of fused-ring (bicyclic) bond motifs is 2. The molecule has 1 unspecified atom stereocenters. The highest BCUT2D eigenvalue weighted by atomic mass is 16.6. The molecule has 3 heterocycles. The number of piperidine rings is 1. The van der Waals surface area contributed by atoms with Crippen LogP contribution in [0.1, 0.15) is 97.5 Å². The zero-order chi connectivity index (χ0) is 34.3. The Labute approximate surface area is 275 Å². The van der Waals surface area contributed by atoms with Crippen molar-refractivity contribution in [2.24, 2.45) is 5.16 Å². The van der Waals surface area contributed by atoms with Crippen molar-refractivity contribution in [2.75, 3.05) is 33.3 Å². The summed E-state index contributed by atoms with van der Waals surface area (Å²) in [6, 6.07) is 7.89. The molecule has 0 spiro atoms. The molecular weight excluding hydrogens is 584 g/mol. The molecule has 0 radical (unpaired) electrons. The van der Waals surface area contributed by atoms with Crippen molar-refractivity contribution < 1.29 is 24.4 Å². The number of carbonyl (C=O) groups is 3. The number of oxime groups is 1. The van der Waals surface area contributed by atoms with Gasteiger partial charge in [0.15, 0.2) is 0 Å². The summed E-state index contributed by atoms with van der Waals surface area (Å²) in [7, 11) is 1.67. The van der Waals surface area contributed by atoms with Gasteiger partial charge in [-0.15, -0.1) is 0 Å². The Hall–Kier alpha value is -4.02. The normalized spacial score (nSPS) is 17.1. The Morgan fingerprint density at radius 3 is 2.22 bits per heavy atom. The summed E-state index contributed by atoms with van der Waals surface area (Å²) in [6.07, 6.45) is 12.8. The van der Waals surface area contributed by atoms with E-state index >= 15 is 0 Å². The zero-order valence-corrected chi connectivity index (χ0v) is 29.0. The number of rotatable bonds is 7. The summed E-state index contributed by atoms with van der Waals surface area (Å²) in [5, 5.41) is 20.6. The number of nitrogens with zero attached hydrogens (tertiary/aromatic N) is 3. The third kappa shape index (κ3) is 14.4. The summed E-state index contributed by atoms with van der Waals surface area (Å²) in [5.74, 6) is -0.789. The minimum Gasteiger partial charge on any atom is -0.417 e. The molecule has 11 heteroatoms. The van der Waals surface area contributed by atoms with Gasteiger partial charge in [-0.25, -0.2) is 0 Å². The van der Waals surface area contributed by atoms with Crippen LogP contribution in [0.5, 0.6) is 0 Å². The van der Waals surface area contributed by atoms with Gasteiger partial charge in [-0.2, -0.15) is 4.73 Å². The predicted octanol–water partition coefficient (Wildman–Crippen LogP) is 5.34. The average Bonchev–Trinajstić information content (AvgIpc) is 3.42. The van der Waals surface area contributed by atoms with Gasteiger partial charge in [-0.3, -0.25) is 14.4 Å². The maximum Gasteiger partial charge on any atom is 0.243 e. The molecule has 0 aliphatic carbocycles. The second-order valence-electron chi connectivity index (χ2n) is 11.4. The first-order valence-electron chi connectivity index (χ1n) is 16.7. The maximum absolute atomic E-state index is 12.2. The van der Waals surface area contributed by atoms with E-state index in [1.165, 1.54) is 36.6 Å². The van der Waals surface area contributed by atoms with Crippen LogP contribution in [0.25, 0.3) is 10.9 Å². The number of hydrogen-bond acceptors (Lipinski definition) is 7. The SMILES string of the molecule is C=C1CNC(=O)CNC(=O)CNC(=O)C2CCCCN12.CCCC.CCCCC/C(CC)=N/O.COn1cc(C)c2ccccc21. The Morgan fingerprint density at radius 1 is 0.957 bits per heavy atom. The van der Waals surface area contributed by atoms with E-state index in [-0.39, 0.29) is 36.9 Å². The van der Waals surface area contributed by atoms with E-state index in [1.807, 2.05) is 36.2 Å². The van der Waals surface area contributed by atoms with Crippen LogP contribution in [0.2, 0.25) is 0 Å². The van der Waals surface area contributed by atoms with Crippen LogP contribution in [0.3, 0.4) is 0 Å². The third-order valence-corrected chi connectivity index (χ3v) is 7.76. The average molecular weight is 643 g/mol. The van der Waals surface area contributed by atoms with Gasteiger partial charge in [-0.1, -0.05) is 83.3 Å². The van der Waals surface area contributed by atoms with Gasteiger partial charge in [-0.05, 0) is 57.1 Å². The van der Waals surface area contributed by atoms with E-state index in [2.05, 4.69) is 61.4 Å². The Balaban J connectivity index is 0.000000348. The number of para-hydroxylation sites is 1. The molecule has 2 saturated heterocycles. The molecule has 1 aromatic heterocycles. The molecule has 4 rings (SSSR count). The van der Waals surface area contributed by atoms with Crippen LogP contribution >= 0.6 is 0 Å². The van der Waals surface area contributed by atoms with Crippen LogP contribution < -0.4 is 20.8 Å². The molecule has 258 valence electrons. The fraction of sp³-hybridized carbons (Fsp3) is 0.600. The molecule has 0 saturated carbocycles. The highest BCUT2D eigenvalue weighted by molar-refractivity contribution is 5.90. The van der Waals surface area contributed by atoms with E-state index in [0.717, 1.165) is 62.0 Å². The molecule has 0 bridgehead atoms. The molecule has 3 amide bonds. The van der Waals surface area contributed by atoms with Crippen LogP contribution in [0.4, 0.5) is 0 Å². The molecular formula is C35H58N6O5. The molecule has 1 aromatic carbocycles. The van der Waals surface area contributed by atoms with Crippen LogP contribution in [-0.4, -0.2) is 77.6 Å². The quantitative estimate of drug-likeness (QED) is 0.139. The highest BCUT2D eigenvalue weighted by Gasteiger charge is 2.30. The smallest absolute Gasteiger partial charge is 0.243 e. The first-order chi connectivity index (χ1) is 22.2. The van der Waals surface area contributed by atoms with Gasteiger partial charge in [0.1, 0.15) is 13.2 Å². The molecule has 11 nitrogen and oxygen atoms in total. The fourth-order valence-electron chi connectivity index (χ4n) is 4.82.